The molecule has 7 heteroatoms. The van der Waals surface area contributed by atoms with Crippen LogP contribution in [-0.4, -0.2) is 79.2 Å². The number of benzene rings is 1. The maximum Gasteiger partial charge on any atom is 0.220 e. The second-order valence-electron chi connectivity index (χ2n) is 10.2. The normalized spacial score (nSPS) is 21.8. The molecule has 1 amide bonds. The summed E-state index contributed by atoms with van der Waals surface area (Å²) in [5.41, 5.74) is 2.44. The number of anilines is 1. The summed E-state index contributed by atoms with van der Waals surface area (Å²) in [5.74, 6) is 1.60. The lowest BCUT2D eigenvalue weighted by molar-refractivity contribution is -0.122. The Morgan fingerprint density at radius 1 is 1.11 bits per heavy atom. The first-order valence-electron chi connectivity index (χ1n) is 13.1. The average Bonchev–Trinajstić information content (AvgIpc) is 2.88. The summed E-state index contributed by atoms with van der Waals surface area (Å²) in [7, 11) is 1.74. The Bertz CT molecular complexity index is 930. The molecule has 0 spiro atoms. The number of pyridine rings is 1. The number of likely N-dealkylation sites (tertiary alicyclic amines) is 1. The molecule has 1 aromatic heterocycles. The molecule has 1 N–H and O–H groups in total. The maximum atomic E-state index is 12.4. The Balaban J connectivity index is 1.39. The molecule has 2 saturated heterocycles. The third kappa shape index (κ3) is 6.95. The van der Waals surface area contributed by atoms with E-state index in [1.807, 2.05) is 44.4 Å². The van der Waals surface area contributed by atoms with Crippen molar-refractivity contribution in [1.82, 2.24) is 20.1 Å². The standard InChI is InChI=1S/C28H41N5O2/c1-22(2)30-28(34)11-10-24-21-31(20-23-7-6-13-29-19-23)14-12-25(24)32-15-17-33(18-16-32)26-8-4-5-9-27(26)35-3/h4-9,13,19,22,24-25H,10-12,14-18,20-21H2,1-3H3,(H,30,34)/t24-,25+/m0/s1. The van der Waals surface area contributed by atoms with Crippen molar-refractivity contribution in [3.63, 3.8) is 0 Å². The van der Waals surface area contributed by atoms with Gasteiger partial charge in [-0.3, -0.25) is 19.6 Å². The van der Waals surface area contributed by atoms with Crippen molar-refractivity contribution in [2.75, 3.05) is 51.3 Å². The number of piperazine rings is 1. The first-order chi connectivity index (χ1) is 17.0. The number of nitrogens with one attached hydrogen (secondary N) is 1. The molecule has 0 bridgehead atoms. The van der Waals surface area contributed by atoms with Crippen molar-refractivity contribution >= 4 is 11.6 Å². The van der Waals surface area contributed by atoms with Crippen LogP contribution in [-0.2, 0) is 11.3 Å². The molecule has 3 heterocycles. The van der Waals surface area contributed by atoms with Gasteiger partial charge in [0, 0.05) is 70.2 Å². The van der Waals surface area contributed by atoms with Crippen LogP contribution in [0.15, 0.2) is 48.8 Å². The second-order valence-corrected chi connectivity index (χ2v) is 10.2. The van der Waals surface area contributed by atoms with E-state index < -0.39 is 0 Å². The lowest BCUT2D eigenvalue weighted by Gasteiger charge is -2.47. The molecule has 0 unspecified atom stereocenters. The van der Waals surface area contributed by atoms with Crippen LogP contribution in [0.2, 0.25) is 0 Å². The molecule has 190 valence electrons. The number of nitrogens with zero attached hydrogens (tertiary/aromatic N) is 4. The van der Waals surface area contributed by atoms with Gasteiger partial charge in [-0.05, 0) is 62.9 Å². The number of amides is 1. The van der Waals surface area contributed by atoms with Gasteiger partial charge in [-0.25, -0.2) is 0 Å². The van der Waals surface area contributed by atoms with Crippen LogP contribution in [0.3, 0.4) is 0 Å². The number of ether oxygens (including phenoxy) is 1. The highest BCUT2D eigenvalue weighted by atomic mass is 16.5. The van der Waals surface area contributed by atoms with Crippen LogP contribution in [0.5, 0.6) is 5.75 Å². The quantitative estimate of drug-likeness (QED) is 0.595. The van der Waals surface area contributed by atoms with Gasteiger partial charge in [0.2, 0.25) is 5.91 Å². The van der Waals surface area contributed by atoms with E-state index >= 15 is 0 Å². The number of methoxy groups -OCH3 is 1. The molecule has 2 aliphatic heterocycles. The number of carbonyl (C=O) groups excluding carboxylic acids is 1. The Hall–Kier alpha value is -2.64. The molecule has 1 aromatic carbocycles. The lowest BCUT2D eigenvalue weighted by Crippen LogP contribution is -2.56. The maximum absolute atomic E-state index is 12.4. The third-order valence-electron chi connectivity index (χ3n) is 7.31. The minimum atomic E-state index is 0.170. The van der Waals surface area contributed by atoms with Crippen molar-refractivity contribution in [2.24, 2.45) is 5.92 Å². The summed E-state index contributed by atoms with van der Waals surface area (Å²) in [6.07, 6.45) is 6.47. The highest BCUT2D eigenvalue weighted by Crippen LogP contribution is 2.31. The molecule has 0 radical (unpaired) electrons. The highest BCUT2D eigenvalue weighted by Gasteiger charge is 2.35. The molecule has 0 saturated carbocycles. The van der Waals surface area contributed by atoms with Crippen LogP contribution in [0.1, 0.15) is 38.7 Å². The van der Waals surface area contributed by atoms with E-state index in [0.717, 1.165) is 64.4 Å². The third-order valence-corrected chi connectivity index (χ3v) is 7.31. The minimum absolute atomic E-state index is 0.170. The molecule has 35 heavy (non-hydrogen) atoms. The summed E-state index contributed by atoms with van der Waals surface area (Å²) < 4.78 is 5.60. The molecule has 2 fully saturated rings. The average molecular weight is 480 g/mol. The topological polar surface area (TPSA) is 60.9 Å². The van der Waals surface area contributed by atoms with Gasteiger partial charge in [0.25, 0.3) is 0 Å². The summed E-state index contributed by atoms with van der Waals surface area (Å²) in [4.78, 5) is 24.4. The van der Waals surface area contributed by atoms with E-state index in [1.165, 1.54) is 11.3 Å². The molecule has 4 rings (SSSR count). The summed E-state index contributed by atoms with van der Waals surface area (Å²) in [5, 5.41) is 3.07. The number of hydrogen-bond donors (Lipinski definition) is 1. The smallest absolute Gasteiger partial charge is 0.220 e. The summed E-state index contributed by atoms with van der Waals surface area (Å²) in [6, 6.07) is 13.2. The van der Waals surface area contributed by atoms with E-state index in [-0.39, 0.29) is 11.9 Å². The zero-order valence-corrected chi connectivity index (χ0v) is 21.5. The van der Waals surface area contributed by atoms with Crippen LogP contribution in [0.25, 0.3) is 0 Å². The molecular formula is C28H41N5O2. The van der Waals surface area contributed by atoms with Gasteiger partial charge < -0.3 is 15.0 Å². The van der Waals surface area contributed by atoms with Crippen LogP contribution in [0.4, 0.5) is 5.69 Å². The predicted octanol–water partition coefficient (Wildman–Crippen LogP) is 3.41. The fraction of sp³-hybridized carbons (Fsp3) is 0.571. The van der Waals surface area contributed by atoms with Crippen molar-refractivity contribution in [2.45, 2.75) is 51.7 Å². The van der Waals surface area contributed by atoms with E-state index in [1.54, 1.807) is 7.11 Å². The number of piperidine rings is 1. The van der Waals surface area contributed by atoms with Crippen molar-refractivity contribution < 1.29 is 9.53 Å². The first kappa shape index (κ1) is 25.5. The number of hydrogen-bond acceptors (Lipinski definition) is 6. The number of rotatable bonds is 9. The van der Waals surface area contributed by atoms with Gasteiger partial charge in [0.1, 0.15) is 5.75 Å². The van der Waals surface area contributed by atoms with E-state index in [9.17, 15) is 4.79 Å². The van der Waals surface area contributed by atoms with E-state index in [2.05, 4.69) is 43.2 Å². The molecule has 7 nitrogen and oxygen atoms in total. The zero-order chi connectivity index (χ0) is 24.6. The van der Waals surface area contributed by atoms with Gasteiger partial charge in [-0.2, -0.15) is 0 Å². The SMILES string of the molecule is COc1ccccc1N1CCN([C@@H]2CCN(Cc3cccnc3)C[C@@H]2CCC(=O)NC(C)C)CC1. The monoisotopic (exact) mass is 479 g/mol. The van der Waals surface area contributed by atoms with Crippen LogP contribution < -0.4 is 15.0 Å². The Morgan fingerprint density at radius 3 is 2.63 bits per heavy atom. The minimum Gasteiger partial charge on any atom is -0.495 e. The van der Waals surface area contributed by atoms with E-state index in [0.29, 0.717) is 18.4 Å². The fourth-order valence-corrected chi connectivity index (χ4v) is 5.65. The predicted molar refractivity (Wildman–Crippen MR) is 141 cm³/mol. The summed E-state index contributed by atoms with van der Waals surface area (Å²) in [6.45, 7) is 11.2. The molecular weight excluding hydrogens is 438 g/mol. The number of carbonyl (C=O) groups is 1. The van der Waals surface area contributed by atoms with Gasteiger partial charge >= 0.3 is 0 Å². The van der Waals surface area contributed by atoms with E-state index in [4.69, 9.17) is 4.74 Å². The molecule has 2 aliphatic rings. The van der Waals surface area contributed by atoms with Crippen LogP contribution >= 0.6 is 0 Å². The van der Waals surface area contributed by atoms with Gasteiger partial charge in [-0.1, -0.05) is 18.2 Å². The summed E-state index contributed by atoms with van der Waals surface area (Å²) >= 11 is 0. The Kier molecular flexibility index (Phi) is 8.99. The van der Waals surface area contributed by atoms with Crippen molar-refractivity contribution in [3.8, 4) is 5.75 Å². The first-order valence-corrected chi connectivity index (χ1v) is 13.1. The van der Waals surface area contributed by atoms with Gasteiger partial charge in [0.05, 0.1) is 12.8 Å². The van der Waals surface area contributed by atoms with Crippen LogP contribution in [0, 0.1) is 5.92 Å². The number of para-hydroxylation sites is 2. The fourth-order valence-electron chi connectivity index (χ4n) is 5.65. The molecule has 2 aromatic rings. The number of aromatic nitrogens is 1. The highest BCUT2D eigenvalue weighted by molar-refractivity contribution is 5.76. The molecule has 2 atom stereocenters. The van der Waals surface area contributed by atoms with Gasteiger partial charge in [0.15, 0.2) is 0 Å². The second kappa shape index (κ2) is 12.4. The largest absolute Gasteiger partial charge is 0.495 e. The molecule has 0 aliphatic carbocycles. The van der Waals surface area contributed by atoms with Gasteiger partial charge in [-0.15, -0.1) is 0 Å². The Labute approximate surface area is 210 Å². The van der Waals surface area contributed by atoms with Crippen molar-refractivity contribution in [3.05, 3.63) is 54.4 Å². The van der Waals surface area contributed by atoms with Crippen molar-refractivity contribution in [1.29, 1.82) is 0 Å². The lowest BCUT2D eigenvalue weighted by atomic mass is 9.86. The zero-order valence-electron chi connectivity index (χ0n) is 21.5. The Morgan fingerprint density at radius 2 is 1.91 bits per heavy atom.